The fourth-order valence-corrected chi connectivity index (χ4v) is 3.98. The second kappa shape index (κ2) is 8.45. The second-order valence-electron chi connectivity index (χ2n) is 7.40. The molecule has 1 heterocycles. The Hall–Kier alpha value is -2.21. The lowest BCUT2D eigenvalue weighted by atomic mass is 9.96. The van der Waals surface area contributed by atoms with Gasteiger partial charge in [0.15, 0.2) is 6.04 Å². The number of amides is 3. The van der Waals surface area contributed by atoms with E-state index in [1.807, 2.05) is 0 Å². The normalized spacial score (nSPS) is 22.2. The zero-order chi connectivity index (χ0) is 18.5. The number of carbonyl (C=O) groups is 3. The maximum atomic E-state index is 12.8. The molecule has 3 N–H and O–H groups in total. The van der Waals surface area contributed by atoms with Gasteiger partial charge in [-0.2, -0.15) is 0 Å². The standard InChI is InChI=1S/C20H27N3O3/c1-14(24)21-16-9-11-17(12-10-16)23-19(25)13-18(20(23)26)22-15-7-5-3-2-4-6-8-15/h9-12,15,18,22H,2-8,13H2,1H3,(H,21,24)/p+1/t18-/m1/s1. The molecule has 0 aromatic heterocycles. The molecule has 1 saturated heterocycles. The predicted molar refractivity (Wildman–Crippen MR) is 99.7 cm³/mol. The van der Waals surface area contributed by atoms with Crippen molar-refractivity contribution in [1.82, 2.24) is 0 Å². The van der Waals surface area contributed by atoms with E-state index in [9.17, 15) is 14.4 Å². The summed E-state index contributed by atoms with van der Waals surface area (Å²) < 4.78 is 0. The van der Waals surface area contributed by atoms with Crippen LogP contribution < -0.4 is 15.5 Å². The smallest absolute Gasteiger partial charge is 0.292 e. The minimum atomic E-state index is -0.304. The van der Waals surface area contributed by atoms with E-state index in [1.54, 1.807) is 24.3 Å². The summed E-state index contributed by atoms with van der Waals surface area (Å²) in [6, 6.07) is 6.98. The molecule has 3 amide bonds. The third-order valence-corrected chi connectivity index (χ3v) is 5.28. The molecular formula is C20H28N3O3+. The fraction of sp³-hybridized carbons (Fsp3) is 0.550. The van der Waals surface area contributed by atoms with Crippen molar-refractivity contribution in [2.75, 3.05) is 10.2 Å². The number of nitrogens with zero attached hydrogens (tertiary/aromatic N) is 1. The van der Waals surface area contributed by atoms with Crippen molar-refractivity contribution >= 4 is 29.1 Å². The highest BCUT2D eigenvalue weighted by molar-refractivity contribution is 6.21. The lowest BCUT2D eigenvalue weighted by Crippen LogP contribution is -2.96. The molecule has 0 spiro atoms. The predicted octanol–water partition coefficient (Wildman–Crippen LogP) is 1.95. The van der Waals surface area contributed by atoms with Gasteiger partial charge in [0.05, 0.1) is 18.2 Å². The molecule has 1 aliphatic heterocycles. The van der Waals surface area contributed by atoms with Crippen LogP contribution in [0.1, 0.15) is 58.3 Å². The van der Waals surface area contributed by atoms with Crippen LogP contribution in [-0.4, -0.2) is 29.8 Å². The average Bonchev–Trinajstić information content (AvgIpc) is 2.84. The molecule has 0 radical (unpaired) electrons. The molecule has 6 nitrogen and oxygen atoms in total. The van der Waals surface area contributed by atoms with Crippen LogP contribution in [0.4, 0.5) is 11.4 Å². The molecule has 1 saturated carbocycles. The van der Waals surface area contributed by atoms with Crippen LogP contribution in [0.2, 0.25) is 0 Å². The van der Waals surface area contributed by atoms with Crippen molar-refractivity contribution in [1.29, 1.82) is 0 Å². The first-order valence-corrected chi connectivity index (χ1v) is 9.64. The van der Waals surface area contributed by atoms with Gasteiger partial charge in [0.1, 0.15) is 0 Å². The van der Waals surface area contributed by atoms with E-state index in [4.69, 9.17) is 0 Å². The summed E-state index contributed by atoms with van der Waals surface area (Å²) in [5.41, 5.74) is 1.22. The molecular weight excluding hydrogens is 330 g/mol. The number of quaternary nitrogens is 1. The Labute approximate surface area is 154 Å². The summed E-state index contributed by atoms with van der Waals surface area (Å²) in [4.78, 5) is 37.6. The van der Waals surface area contributed by atoms with Gasteiger partial charge in [-0.15, -0.1) is 0 Å². The van der Waals surface area contributed by atoms with Crippen molar-refractivity contribution in [3.8, 4) is 0 Å². The van der Waals surface area contributed by atoms with Gasteiger partial charge in [0.2, 0.25) is 11.8 Å². The lowest BCUT2D eigenvalue weighted by Gasteiger charge is -2.21. The number of nitrogens with one attached hydrogen (secondary N) is 1. The van der Waals surface area contributed by atoms with Crippen molar-refractivity contribution in [3.05, 3.63) is 24.3 Å². The maximum Gasteiger partial charge on any atom is 0.292 e. The third kappa shape index (κ3) is 4.49. The van der Waals surface area contributed by atoms with Crippen molar-refractivity contribution < 1.29 is 19.7 Å². The zero-order valence-electron chi connectivity index (χ0n) is 15.4. The van der Waals surface area contributed by atoms with E-state index in [0.717, 1.165) is 12.8 Å². The summed E-state index contributed by atoms with van der Waals surface area (Å²) in [6.45, 7) is 1.44. The summed E-state index contributed by atoms with van der Waals surface area (Å²) in [5, 5.41) is 4.82. The van der Waals surface area contributed by atoms with Gasteiger partial charge in [-0.1, -0.05) is 19.3 Å². The number of anilines is 2. The van der Waals surface area contributed by atoms with E-state index in [0.29, 0.717) is 17.4 Å². The first kappa shape index (κ1) is 18.6. The number of imide groups is 1. The monoisotopic (exact) mass is 358 g/mol. The van der Waals surface area contributed by atoms with Crippen LogP contribution in [-0.2, 0) is 14.4 Å². The van der Waals surface area contributed by atoms with Crippen LogP contribution in [0.25, 0.3) is 0 Å². The van der Waals surface area contributed by atoms with Crippen LogP contribution in [0.5, 0.6) is 0 Å². The molecule has 2 aliphatic rings. The second-order valence-corrected chi connectivity index (χ2v) is 7.40. The average molecular weight is 358 g/mol. The molecule has 1 aromatic rings. The quantitative estimate of drug-likeness (QED) is 0.807. The molecule has 2 fully saturated rings. The summed E-state index contributed by atoms with van der Waals surface area (Å²) in [5.74, 6) is -0.418. The Kier molecular flexibility index (Phi) is 6.04. The number of hydrogen-bond donors (Lipinski definition) is 2. The van der Waals surface area contributed by atoms with Gasteiger partial charge in [-0.25, -0.2) is 4.90 Å². The first-order valence-electron chi connectivity index (χ1n) is 9.64. The minimum Gasteiger partial charge on any atom is -0.333 e. The van der Waals surface area contributed by atoms with Crippen molar-refractivity contribution in [2.45, 2.75) is 70.4 Å². The fourth-order valence-electron chi connectivity index (χ4n) is 3.98. The number of nitrogens with two attached hydrogens (primary N) is 1. The molecule has 0 unspecified atom stereocenters. The SMILES string of the molecule is CC(=O)Nc1ccc(N2C(=O)C[C@@H]([NH2+]C3CCCCCCC3)C2=O)cc1. The van der Waals surface area contributed by atoms with Crippen LogP contribution >= 0.6 is 0 Å². The largest absolute Gasteiger partial charge is 0.333 e. The molecule has 1 aromatic carbocycles. The zero-order valence-corrected chi connectivity index (χ0v) is 15.4. The third-order valence-electron chi connectivity index (χ3n) is 5.28. The Morgan fingerprint density at radius 3 is 2.27 bits per heavy atom. The Bertz CT molecular complexity index is 663. The van der Waals surface area contributed by atoms with E-state index >= 15 is 0 Å². The highest BCUT2D eigenvalue weighted by Crippen LogP contribution is 2.24. The summed E-state index contributed by atoms with van der Waals surface area (Å²) >= 11 is 0. The highest BCUT2D eigenvalue weighted by atomic mass is 16.2. The van der Waals surface area contributed by atoms with Crippen LogP contribution in [0.15, 0.2) is 24.3 Å². The Balaban J connectivity index is 1.65. The topological polar surface area (TPSA) is 83.1 Å². The maximum absolute atomic E-state index is 12.8. The van der Waals surface area contributed by atoms with Gasteiger partial charge in [-0.05, 0) is 49.9 Å². The van der Waals surface area contributed by atoms with Crippen molar-refractivity contribution in [3.63, 3.8) is 0 Å². The number of hydrogen-bond acceptors (Lipinski definition) is 3. The molecule has 1 aliphatic carbocycles. The van der Waals surface area contributed by atoms with Crippen LogP contribution in [0, 0.1) is 0 Å². The highest BCUT2D eigenvalue weighted by Gasteiger charge is 2.43. The molecule has 1 atom stereocenters. The Morgan fingerprint density at radius 1 is 1.04 bits per heavy atom. The molecule has 0 bridgehead atoms. The van der Waals surface area contributed by atoms with E-state index < -0.39 is 0 Å². The molecule has 3 rings (SSSR count). The minimum absolute atomic E-state index is 0.121. The lowest BCUT2D eigenvalue weighted by molar-refractivity contribution is -0.709. The number of carbonyl (C=O) groups excluding carboxylic acids is 3. The van der Waals surface area contributed by atoms with E-state index in [1.165, 1.54) is 43.9 Å². The van der Waals surface area contributed by atoms with E-state index in [-0.39, 0.29) is 30.2 Å². The molecule has 26 heavy (non-hydrogen) atoms. The van der Waals surface area contributed by atoms with Crippen molar-refractivity contribution in [2.24, 2.45) is 0 Å². The Morgan fingerprint density at radius 2 is 1.65 bits per heavy atom. The van der Waals surface area contributed by atoms with Crippen LogP contribution in [0.3, 0.4) is 0 Å². The van der Waals surface area contributed by atoms with Gasteiger partial charge in [0, 0.05) is 12.6 Å². The summed E-state index contributed by atoms with van der Waals surface area (Å²) in [7, 11) is 0. The number of benzene rings is 1. The molecule has 6 heteroatoms. The van der Waals surface area contributed by atoms with E-state index in [2.05, 4.69) is 10.6 Å². The molecule has 140 valence electrons. The first-order chi connectivity index (χ1) is 12.5. The van der Waals surface area contributed by atoms with Gasteiger partial charge >= 0.3 is 0 Å². The number of rotatable bonds is 4. The van der Waals surface area contributed by atoms with Gasteiger partial charge in [-0.3, -0.25) is 14.4 Å². The van der Waals surface area contributed by atoms with Gasteiger partial charge < -0.3 is 10.6 Å². The van der Waals surface area contributed by atoms with Gasteiger partial charge in [0.25, 0.3) is 5.91 Å². The summed E-state index contributed by atoms with van der Waals surface area (Å²) in [6.07, 6.45) is 8.81.